The molecule has 45 heavy (non-hydrogen) atoms. The van der Waals surface area contributed by atoms with Crippen molar-refractivity contribution < 1.29 is 31.5 Å². The van der Waals surface area contributed by atoms with E-state index in [0.717, 1.165) is 62.1 Å². The van der Waals surface area contributed by atoms with Gasteiger partial charge in [0.05, 0.1) is 24.7 Å². The van der Waals surface area contributed by atoms with E-state index in [9.17, 15) is 22.0 Å². The third-order valence-corrected chi connectivity index (χ3v) is 7.78. The highest BCUT2D eigenvalue weighted by Gasteiger charge is 2.20. The standard InChI is InChI=1S/C32H33F2N5O5S/c1-43-30-18-26(38-45(2,41)42)9-11-29(30)44-31-12-3-21(19-35-31)20-39-15-13-25(14-16-39)36-24-7-4-22(5-8-24)32(40)37-28-10-6-23(33)17-27(28)34/h3-12,17-19,25,36,38H,13-16,20H2,1-2H3,(H,37,40). The number of carbonyl (C=O) groups is 1. The Morgan fingerprint density at radius 2 is 1.69 bits per heavy atom. The van der Waals surface area contributed by atoms with E-state index in [1.807, 2.05) is 18.2 Å². The first kappa shape index (κ1) is 31.7. The molecule has 1 saturated heterocycles. The summed E-state index contributed by atoms with van der Waals surface area (Å²) >= 11 is 0. The molecule has 0 radical (unpaired) electrons. The van der Waals surface area contributed by atoms with Gasteiger partial charge < -0.3 is 20.1 Å². The summed E-state index contributed by atoms with van der Waals surface area (Å²) in [5.41, 5.74) is 2.58. The Bertz CT molecular complexity index is 1750. The van der Waals surface area contributed by atoms with Gasteiger partial charge in [-0.1, -0.05) is 6.07 Å². The maximum atomic E-state index is 13.9. The lowest BCUT2D eigenvalue weighted by atomic mass is 10.0. The van der Waals surface area contributed by atoms with Crippen molar-refractivity contribution in [1.82, 2.24) is 9.88 Å². The summed E-state index contributed by atoms with van der Waals surface area (Å²) in [5.74, 6) is -0.862. The summed E-state index contributed by atoms with van der Waals surface area (Å²) in [6, 6.07) is 18.7. The number of anilines is 3. The number of rotatable bonds is 11. The maximum absolute atomic E-state index is 13.9. The van der Waals surface area contributed by atoms with Crippen molar-refractivity contribution in [2.75, 3.05) is 41.8 Å². The minimum atomic E-state index is -3.42. The molecule has 1 fully saturated rings. The summed E-state index contributed by atoms with van der Waals surface area (Å²) in [4.78, 5) is 19.3. The van der Waals surface area contributed by atoms with Gasteiger partial charge in [-0.15, -0.1) is 0 Å². The van der Waals surface area contributed by atoms with Crippen LogP contribution in [-0.4, -0.2) is 56.7 Å². The van der Waals surface area contributed by atoms with Crippen LogP contribution in [0, 0.1) is 11.6 Å². The molecule has 1 aliphatic heterocycles. The molecular weight excluding hydrogens is 604 g/mol. The van der Waals surface area contributed by atoms with Crippen LogP contribution >= 0.6 is 0 Å². The topological polar surface area (TPSA) is 122 Å². The van der Waals surface area contributed by atoms with Crippen molar-refractivity contribution in [2.24, 2.45) is 0 Å². The average Bonchev–Trinajstić information content (AvgIpc) is 3.01. The minimum absolute atomic E-state index is 0.0790. The molecule has 1 aliphatic rings. The quantitative estimate of drug-likeness (QED) is 0.187. The van der Waals surface area contributed by atoms with E-state index in [-0.39, 0.29) is 11.7 Å². The van der Waals surface area contributed by atoms with Gasteiger partial charge in [-0.25, -0.2) is 22.2 Å². The average molecular weight is 638 g/mol. The van der Waals surface area contributed by atoms with Crippen molar-refractivity contribution in [3.63, 3.8) is 0 Å². The monoisotopic (exact) mass is 637 g/mol. The predicted octanol–water partition coefficient (Wildman–Crippen LogP) is 5.86. The molecule has 0 bridgehead atoms. The number of sulfonamides is 1. The van der Waals surface area contributed by atoms with E-state index in [0.29, 0.717) is 28.6 Å². The van der Waals surface area contributed by atoms with Gasteiger partial charge in [0.2, 0.25) is 15.9 Å². The number of hydrogen-bond acceptors (Lipinski definition) is 8. The predicted molar refractivity (Wildman–Crippen MR) is 168 cm³/mol. The number of piperidine rings is 1. The molecule has 13 heteroatoms. The van der Waals surface area contributed by atoms with Crippen molar-refractivity contribution in [3.8, 4) is 17.4 Å². The molecule has 0 unspecified atom stereocenters. The van der Waals surface area contributed by atoms with E-state index in [1.165, 1.54) is 19.2 Å². The second kappa shape index (κ2) is 13.9. The Morgan fingerprint density at radius 3 is 2.33 bits per heavy atom. The third-order valence-electron chi connectivity index (χ3n) is 7.17. The number of halogens is 2. The zero-order chi connectivity index (χ0) is 32.0. The molecule has 0 atom stereocenters. The van der Waals surface area contributed by atoms with Gasteiger partial charge in [-0.3, -0.25) is 14.4 Å². The normalized spacial score (nSPS) is 14.0. The fourth-order valence-corrected chi connectivity index (χ4v) is 5.49. The van der Waals surface area contributed by atoms with Gasteiger partial charge >= 0.3 is 0 Å². The van der Waals surface area contributed by atoms with Gasteiger partial charge in [0.25, 0.3) is 5.91 Å². The van der Waals surface area contributed by atoms with Crippen molar-refractivity contribution >= 4 is 33.0 Å². The maximum Gasteiger partial charge on any atom is 0.255 e. The lowest BCUT2D eigenvalue weighted by Crippen LogP contribution is -2.38. The van der Waals surface area contributed by atoms with Crippen LogP contribution < -0.4 is 24.8 Å². The number of amides is 1. The first-order valence-corrected chi connectivity index (χ1v) is 16.1. The van der Waals surface area contributed by atoms with Gasteiger partial charge in [0.15, 0.2) is 11.5 Å². The number of pyridine rings is 1. The highest BCUT2D eigenvalue weighted by molar-refractivity contribution is 7.92. The molecule has 1 amide bonds. The Labute approximate surface area is 260 Å². The first-order valence-electron chi connectivity index (χ1n) is 14.2. The Balaban J connectivity index is 1.08. The second-order valence-corrected chi connectivity index (χ2v) is 12.4. The fraction of sp³-hybridized carbons (Fsp3) is 0.250. The third kappa shape index (κ3) is 8.89. The Kier molecular flexibility index (Phi) is 9.79. The van der Waals surface area contributed by atoms with E-state index >= 15 is 0 Å². The molecule has 4 aromatic rings. The lowest BCUT2D eigenvalue weighted by molar-refractivity contribution is 0.102. The largest absolute Gasteiger partial charge is 0.493 e. The summed E-state index contributed by atoms with van der Waals surface area (Å²) < 4.78 is 63.6. The molecule has 2 heterocycles. The highest BCUT2D eigenvalue weighted by atomic mass is 32.2. The van der Waals surface area contributed by atoms with E-state index in [1.54, 1.807) is 36.5 Å². The van der Waals surface area contributed by atoms with Crippen molar-refractivity contribution in [2.45, 2.75) is 25.4 Å². The van der Waals surface area contributed by atoms with Crippen LogP contribution in [0.2, 0.25) is 0 Å². The number of ether oxygens (including phenoxy) is 2. The van der Waals surface area contributed by atoms with Gasteiger partial charge in [-0.2, -0.15) is 0 Å². The SMILES string of the molecule is COc1cc(NS(C)(=O)=O)ccc1Oc1ccc(CN2CCC(Nc3ccc(C(=O)Nc4ccc(F)cc4F)cc3)CC2)cn1. The van der Waals surface area contributed by atoms with Gasteiger partial charge in [0, 0.05) is 61.3 Å². The van der Waals surface area contributed by atoms with Crippen LogP contribution in [0.3, 0.4) is 0 Å². The molecule has 0 saturated carbocycles. The summed E-state index contributed by atoms with van der Waals surface area (Å²) in [5, 5.41) is 5.98. The fourth-order valence-electron chi connectivity index (χ4n) is 4.94. The molecular formula is C32H33F2N5O5S. The second-order valence-electron chi connectivity index (χ2n) is 10.7. The van der Waals surface area contributed by atoms with Crippen molar-refractivity contribution in [3.05, 3.63) is 102 Å². The number of likely N-dealkylation sites (tertiary alicyclic amines) is 1. The van der Waals surface area contributed by atoms with Crippen LogP contribution in [0.5, 0.6) is 17.4 Å². The number of benzene rings is 3. The number of nitrogens with one attached hydrogen (secondary N) is 3. The minimum Gasteiger partial charge on any atom is -0.493 e. The molecule has 0 aliphatic carbocycles. The van der Waals surface area contributed by atoms with E-state index in [2.05, 4.69) is 25.2 Å². The van der Waals surface area contributed by atoms with Crippen LogP contribution in [-0.2, 0) is 16.6 Å². The Hall–Kier alpha value is -4.75. The van der Waals surface area contributed by atoms with Crippen LogP contribution in [0.1, 0.15) is 28.8 Å². The molecule has 0 spiro atoms. The number of hydrogen-bond donors (Lipinski definition) is 3. The van der Waals surface area contributed by atoms with Crippen LogP contribution in [0.15, 0.2) is 79.0 Å². The molecule has 1 aromatic heterocycles. The zero-order valence-electron chi connectivity index (χ0n) is 24.7. The zero-order valence-corrected chi connectivity index (χ0v) is 25.5. The highest BCUT2D eigenvalue weighted by Crippen LogP contribution is 2.33. The molecule has 236 valence electrons. The molecule has 3 N–H and O–H groups in total. The number of carbonyl (C=O) groups excluding carboxylic acids is 1. The van der Waals surface area contributed by atoms with Crippen LogP contribution in [0.25, 0.3) is 0 Å². The van der Waals surface area contributed by atoms with E-state index in [4.69, 9.17) is 9.47 Å². The Morgan fingerprint density at radius 1 is 0.956 bits per heavy atom. The molecule has 10 nitrogen and oxygen atoms in total. The van der Waals surface area contributed by atoms with Gasteiger partial charge in [-0.05, 0) is 66.9 Å². The number of aromatic nitrogens is 1. The smallest absolute Gasteiger partial charge is 0.255 e. The van der Waals surface area contributed by atoms with E-state index < -0.39 is 27.6 Å². The summed E-state index contributed by atoms with van der Waals surface area (Å²) in [6.45, 7) is 2.53. The van der Waals surface area contributed by atoms with Crippen molar-refractivity contribution in [1.29, 1.82) is 0 Å². The molecule has 3 aromatic carbocycles. The lowest BCUT2D eigenvalue weighted by Gasteiger charge is -2.32. The summed E-state index contributed by atoms with van der Waals surface area (Å²) in [6.07, 6.45) is 4.72. The van der Waals surface area contributed by atoms with Crippen LogP contribution in [0.4, 0.5) is 25.8 Å². The first-order chi connectivity index (χ1) is 21.5. The number of nitrogens with zero attached hydrogens (tertiary/aromatic N) is 2. The number of methoxy groups -OCH3 is 1. The summed E-state index contributed by atoms with van der Waals surface area (Å²) in [7, 11) is -1.94. The molecule has 5 rings (SSSR count). The van der Waals surface area contributed by atoms with Gasteiger partial charge in [0.1, 0.15) is 11.6 Å².